The lowest BCUT2D eigenvalue weighted by molar-refractivity contribution is -0.123. The van der Waals surface area contributed by atoms with Crippen LogP contribution >= 0.6 is 11.3 Å². The summed E-state index contributed by atoms with van der Waals surface area (Å²) in [6.07, 6.45) is 6.14. The van der Waals surface area contributed by atoms with E-state index in [0.29, 0.717) is 0 Å². The van der Waals surface area contributed by atoms with Crippen LogP contribution in [0.15, 0.2) is 11.7 Å². The Morgan fingerprint density at radius 2 is 2.38 bits per heavy atom. The van der Waals surface area contributed by atoms with Gasteiger partial charge in [0.05, 0.1) is 11.4 Å². The van der Waals surface area contributed by atoms with Crippen LogP contribution in [0.3, 0.4) is 0 Å². The van der Waals surface area contributed by atoms with Gasteiger partial charge >= 0.3 is 0 Å². The van der Waals surface area contributed by atoms with Gasteiger partial charge in [0.2, 0.25) is 5.91 Å². The predicted molar refractivity (Wildman–Crippen MR) is 63.9 cm³/mol. The van der Waals surface area contributed by atoms with Crippen molar-refractivity contribution in [3.63, 3.8) is 0 Å². The molecule has 0 spiro atoms. The van der Waals surface area contributed by atoms with Gasteiger partial charge in [-0.3, -0.25) is 9.78 Å². The van der Waals surface area contributed by atoms with E-state index in [1.165, 1.54) is 11.3 Å². The van der Waals surface area contributed by atoms with E-state index in [1.807, 2.05) is 11.7 Å². The maximum atomic E-state index is 11.3. The average molecular weight is 239 g/mol. The number of hydrogen-bond acceptors (Lipinski definition) is 4. The van der Waals surface area contributed by atoms with Crippen molar-refractivity contribution < 1.29 is 4.79 Å². The number of nitrogens with zero attached hydrogens (tertiary/aromatic N) is 1. The fourth-order valence-corrected chi connectivity index (χ4v) is 2.82. The number of carbonyl (C=O) groups excluding carboxylic acids is 1. The molecule has 88 valence electrons. The van der Waals surface area contributed by atoms with E-state index >= 15 is 0 Å². The highest BCUT2D eigenvalue weighted by Gasteiger charge is 2.28. The van der Waals surface area contributed by atoms with Crippen molar-refractivity contribution in [3.8, 4) is 0 Å². The quantitative estimate of drug-likeness (QED) is 0.831. The molecule has 1 aromatic rings. The Bertz CT molecular complexity index is 339. The molecule has 1 aliphatic rings. The molecule has 4 nitrogen and oxygen atoms in total. The third kappa shape index (κ3) is 2.80. The number of carbonyl (C=O) groups is 1. The van der Waals surface area contributed by atoms with E-state index in [1.54, 1.807) is 11.3 Å². The van der Waals surface area contributed by atoms with Gasteiger partial charge in [0.1, 0.15) is 0 Å². The fourth-order valence-electron chi connectivity index (χ4n) is 2.28. The summed E-state index contributed by atoms with van der Waals surface area (Å²) in [5.41, 5.74) is 7.24. The van der Waals surface area contributed by atoms with Crippen LogP contribution in [-0.4, -0.2) is 16.9 Å². The summed E-state index contributed by atoms with van der Waals surface area (Å²) < 4.78 is 0. The number of aromatic nitrogens is 1. The van der Waals surface area contributed by atoms with Crippen molar-refractivity contribution in [3.05, 3.63) is 16.6 Å². The van der Waals surface area contributed by atoms with Gasteiger partial charge in [0.25, 0.3) is 0 Å². The molecule has 0 radical (unpaired) electrons. The summed E-state index contributed by atoms with van der Waals surface area (Å²) in [7, 11) is 0. The predicted octanol–water partition coefficient (Wildman–Crippen LogP) is 1.28. The van der Waals surface area contributed by atoms with Crippen molar-refractivity contribution in [2.45, 2.75) is 38.3 Å². The van der Waals surface area contributed by atoms with Crippen LogP contribution in [0.2, 0.25) is 0 Å². The van der Waals surface area contributed by atoms with Crippen LogP contribution < -0.4 is 11.1 Å². The van der Waals surface area contributed by atoms with Gasteiger partial charge in [-0.15, -0.1) is 11.3 Å². The lowest BCUT2D eigenvalue weighted by Gasteiger charge is -2.29. The van der Waals surface area contributed by atoms with E-state index in [-0.39, 0.29) is 17.9 Å². The van der Waals surface area contributed by atoms with Crippen molar-refractivity contribution in [1.29, 1.82) is 0 Å². The SMILES string of the molecule is NC(=O)C1CCCCC1NCc1cncs1. The summed E-state index contributed by atoms with van der Waals surface area (Å²) in [6.45, 7) is 0.791. The molecule has 3 N–H and O–H groups in total. The maximum Gasteiger partial charge on any atom is 0.222 e. The number of amides is 1. The molecular formula is C11H17N3OS. The molecule has 0 aromatic carbocycles. The first-order valence-electron chi connectivity index (χ1n) is 5.67. The zero-order valence-electron chi connectivity index (χ0n) is 9.19. The van der Waals surface area contributed by atoms with Crippen LogP contribution in [0.5, 0.6) is 0 Å². The number of rotatable bonds is 4. The van der Waals surface area contributed by atoms with Crippen molar-refractivity contribution in [1.82, 2.24) is 10.3 Å². The van der Waals surface area contributed by atoms with Gasteiger partial charge < -0.3 is 11.1 Å². The van der Waals surface area contributed by atoms with E-state index in [4.69, 9.17) is 5.73 Å². The molecule has 1 aromatic heterocycles. The number of nitrogens with two attached hydrogens (primary N) is 1. The van der Waals surface area contributed by atoms with Gasteiger partial charge in [0, 0.05) is 23.7 Å². The minimum absolute atomic E-state index is 0.00155. The molecule has 1 fully saturated rings. The highest BCUT2D eigenvalue weighted by atomic mass is 32.1. The Morgan fingerprint density at radius 3 is 3.06 bits per heavy atom. The molecule has 1 saturated carbocycles. The summed E-state index contributed by atoms with van der Waals surface area (Å²) >= 11 is 1.63. The molecule has 1 heterocycles. The van der Waals surface area contributed by atoms with E-state index in [9.17, 15) is 4.79 Å². The number of thiazole rings is 1. The van der Waals surface area contributed by atoms with Gasteiger partial charge in [-0.1, -0.05) is 12.8 Å². The maximum absolute atomic E-state index is 11.3. The first-order chi connectivity index (χ1) is 7.77. The Hall–Kier alpha value is -0.940. The molecule has 2 rings (SSSR count). The molecule has 5 heteroatoms. The van der Waals surface area contributed by atoms with Crippen LogP contribution in [0.1, 0.15) is 30.6 Å². The fraction of sp³-hybridized carbons (Fsp3) is 0.636. The van der Waals surface area contributed by atoms with Crippen LogP contribution in [-0.2, 0) is 11.3 Å². The average Bonchev–Trinajstić information content (AvgIpc) is 2.79. The minimum atomic E-state index is -0.165. The molecule has 1 aliphatic carbocycles. The summed E-state index contributed by atoms with van der Waals surface area (Å²) in [4.78, 5) is 16.5. The van der Waals surface area contributed by atoms with Gasteiger partial charge in [0.15, 0.2) is 0 Å². The number of hydrogen-bond donors (Lipinski definition) is 2. The molecular weight excluding hydrogens is 222 g/mol. The van der Waals surface area contributed by atoms with Crippen LogP contribution in [0.4, 0.5) is 0 Å². The zero-order valence-corrected chi connectivity index (χ0v) is 10.0. The van der Waals surface area contributed by atoms with E-state index < -0.39 is 0 Å². The first-order valence-corrected chi connectivity index (χ1v) is 6.55. The van der Waals surface area contributed by atoms with Crippen molar-refractivity contribution in [2.24, 2.45) is 11.7 Å². The van der Waals surface area contributed by atoms with E-state index in [2.05, 4.69) is 10.3 Å². The zero-order chi connectivity index (χ0) is 11.4. The standard InChI is InChI=1S/C11H17N3OS/c12-11(15)9-3-1-2-4-10(9)14-6-8-5-13-7-16-8/h5,7,9-10,14H,1-4,6H2,(H2,12,15). The molecule has 0 aliphatic heterocycles. The highest BCUT2D eigenvalue weighted by Crippen LogP contribution is 2.24. The number of nitrogens with one attached hydrogen (secondary N) is 1. The second-order valence-electron chi connectivity index (χ2n) is 4.25. The second-order valence-corrected chi connectivity index (χ2v) is 5.22. The van der Waals surface area contributed by atoms with Gasteiger partial charge in [-0.25, -0.2) is 0 Å². The molecule has 2 atom stereocenters. The third-order valence-electron chi connectivity index (χ3n) is 3.15. The monoisotopic (exact) mass is 239 g/mol. The van der Waals surface area contributed by atoms with Crippen molar-refractivity contribution in [2.75, 3.05) is 0 Å². The minimum Gasteiger partial charge on any atom is -0.369 e. The van der Waals surface area contributed by atoms with Gasteiger partial charge in [-0.2, -0.15) is 0 Å². The molecule has 1 amide bonds. The largest absolute Gasteiger partial charge is 0.369 e. The summed E-state index contributed by atoms with van der Waals surface area (Å²) in [5, 5.41) is 3.42. The highest BCUT2D eigenvalue weighted by molar-refractivity contribution is 7.09. The van der Waals surface area contributed by atoms with Gasteiger partial charge in [-0.05, 0) is 12.8 Å². The third-order valence-corrected chi connectivity index (χ3v) is 3.93. The summed E-state index contributed by atoms with van der Waals surface area (Å²) in [5.74, 6) is -0.164. The lowest BCUT2D eigenvalue weighted by Crippen LogP contribution is -2.44. The van der Waals surface area contributed by atoms with Crippen molar-refractivity contribution >= 4 is 17.2 Å². The molecule has 0 bridgehead atoms. The second kappa shape index (κ2) is 5.41. The first kappa shape index (κ1) is 11.5. The Kier molecular flexibility index (Phi) is 3.90. The lowest BCUT2D eigenvalue weighted by atomic mass is 9.84. The molecule has 0 saturated heterocycles. The normalized spacial score (nSPS) is 25.5. The number of primary amides is 1. The Labute approximate surface area is 99.3 Å². The summed E-state index contributed by atoms with van der Waals surface area (Å²) in [6, 6.07) is 0.244. The smallest absolute Gasteiger partial charge is 0.222 e. The van der Waals surface area contributed by atoms with Crippen LogP contribution in [0, 0.1) is 5.92 Å². The topological polar surface area (TPSA) is 68.0 Å². The van der Waals surface area contributed by atoms with Crippen LogP contribution in [0.25, 0.3) is 0 Å². The molecule has 16 heavy (non-hydrogen) atoms. The Balaban J connectivity index is 1.89. The Morgan fingerprint density at radius 1 is 1.56 bits per heavy atom. The van der Waals surface area contributed by atoms with E-state index in [0.717, 1.165) is 25.8 Å². The molecule has 2 unspecified atom stereocenters.